The van der Waals surface area contributed by atoms with Crippen molar-refractivity contribution >= 4 is 17.4 Å². The number of ether oxygens (including phenoxy) is 1. The zero-order valence-electron chi connectivity index (χ0n) is 14.8. The first-order chi connectivity index (χ1) is 13.2. The van der Waals surface area contributed by atoms with Crippen molar-refractivity contribution in [2.24, 2.45) is 9.98 Å². The number of benzene rings is 3. The van der Waals surface area contributed by atoms with Gasteiger partial charge in [0.1, 0.15) is 5.75 Å². The van der Waals surface area contributed by atoms with Crippen molar-refractivity contribution in [1.29, 1.82) is 0 Å². The average molecular weight is 357 g/mol. The van der Waals surface area contributed by atoms with Crippen LogP contribution >= 0.6 is 0 Å². The van der Waals surface area contributed by atoms with Crippen LogP contribution in [0.4, 0.5) is 5.69 Å². The maximum atomic E-state index is 11.5. The predicted molar refractivity (Wildman–Crippen MR) is 107 cm³/mol. The van der Waals surface area contributed by atoms with Crippen molar-refractivity contribution in [3.63, 3.8) is 0 Å². The van der Waals surface area contributed by atoms with Gasteiger partial charge in [-0.1, -0.05) is 60.7 Å². The lowest BCUT2D eigenvalue weighted by atomic mass is 10.0. The van der Waals surface area contributed by atoms with Gasteiger partial charge in [0.15, 0.2) is 11.7 Å². The number of hydrogen-bond acceptors (Lipinski definition) is 5. The SMILES string of the molecule is COc1cccc(C2(O)N=C(c3ccccc3)N=C2Nc2ccccc2)c1. The molecular weight excluding hydrogens is 338 g/mol. The molecule has 1 heterocycles. The number of nitrogens with zero attached hydrogens (tertiary/aromatic N) is 2. The van der Waals surface area contributed by atoms with Gasteiger partial charge in [0.2, 0.25) is 5.72 Å². The molecule has 3 aromatic rings. The monoisotopic (exact) mass is 357 g/mol. The number of aliphatic hydroxyl groups is 1. The highest BCUT2D eigenvalue weighted by Gasteiger charge is 2.41. The number of para-hydroxylation sites is 1. The molecule has 0 saturated carbocycles. The summed E-state index contributed by atoms with van der Waals surface area (Å²) in [5, 5.41) is 14.7. The van der Waals surface area contributed by atoms with Crippen molar-refractivity contribution in [2.45, 2.75) is 5.72 Å². The average Bonchev–Trinajstić information content (AvgIpc) is 3.07. The molecule has 5 nitrogen and oxygen atoms in total. The minimum atomic E-state index is -1.63. The third kappa shape index (κ3) is 3.32. The molecule has 0 radical (unpaired) electrons. The molecule has 3 aromatic carbocycles. The second-order valence-electron chi connectivity index (χ2n) is 6.16. The molecule has 2 N–H and O–H groups in total. The maximum Gasteiger partial charge on any atom is 0.244 e. The van der Waals surface area contributed by atoms with E-state index in [0.717, 1.165) is 11.3 Å². The van der Waals surface area contributed by atoms with E-state index in [1.807, 2.05) is 78.9 Å². The smallest absolute Gasteiger partial charge is 0.244 e. The first kappa shape index (κ1) is 17.0. The van der Waals surface area contributed by atoms with Crippen LogP contribution in [0.15, 0.2) is 94.9 Å². The molecule has 0 amide bonds. The number of aliphatic imine (C=N–C) groups is 2. The fourth-order valence-corrected chi connectivity index (χ4v) is 2.95. The summed E-state index contributed by atoms with van der Waals surface area (Å²) in [7, 11) is 1.59. The lowest BCUT2D eigenvalue weighted by Gasteiger charge is -2.23. The fourth-order valence-electron chi connectivity index (χ4n) is 2.95. The Morgan fingerprint density at radius 3 is 2.30 bits per heavy atom. The highest BCUT2D eigenvalue weighted by Crippen LogP contribution is 2.33. The molecule has 1 aliphatic rings. The van der Waals surface area contributed by atoms with Crippen LogP contribution in [0.2, 0.25) is 0 Å². The van der Waals surface area contributed by atoms with Crippen LogP contribution in [-0.4, -0.2) is 23.9 Å². The minimum Gasteiger partial charge on any atom is -0.497 e. The second-order valence-corrected chi connectivity index (χ2v) is 6.16. The summed E-state index contributed by atoms with van der Waals surface area (Å²) in [6.07, 6.45) is 0. The van der Waals surface area contributed by atoms with E-state index in [1.165, 1.54) is 0 Å². The van der Waals surface area contributed by atoms with Crippen LogP contribution < -0.4 is 10.1 Å². The van der Waals surface area contributed by atoms with Gasteiger partial charge in [0.25, 0.3) is 0 Å². The molecule has 0 saturated heterocycles. The van der Waals surface area contributed by atoms with Gasteiger partial charge in [-0.25, -0.2) is 9.98 Å². The fraction of sp³-hybridized carbons (Fsp3) is 0.0909. The van der Waals surface area contributed by atoms with E-state index in [9.17, 15) is 5.11 Å². The topological polar surface area (TPSA) is 66.2 Å². The largest absolute Gasteiger partial charge is 0.497 e. The molecule has 1 aliphatic heterocycles. The van der Waals surface area contributed by atoms with Crippen LogP contribution in [-0.2, 0) is 5.72 Å². The lowest BCUT2D eigenvalue weighted by Crippen LogP contribution is -2.36. The van der Waals surface area contributed by atoms with Gasteiger partial charge in [0.05, 0.1) is 7.11 Å². The maximum absolute atomic E-state index is 11.5. The van der Waals surface area contributed by atoms with Crippen LogP contribution in [0, 0.1) is 0 Å². The molecule has 27 heavy (non-hydrogen) atoms. The van der Waals surface area contributed by atoms with E-state index in [0.29, 0.717) is 23.0 Å². The Bertz CT molecular complexity index is 1000. The van der Waals surface area contributed by atoms with Gasteiger partial charge < -0.3 is 15.2 Å². The van der Waals surface area contributed by atoms with Gasteiger partial charge in [-0.05, 0) is 24.3 Å². The van der Waals surface area contributed by atoms with Crippen molar-refractivity contribution in [1.82, 2.24) is 0 Å². The van der Waals surface area contributed by atoms with Gasteiger partial charge >= 0.3 is 0 Å². The predicted octanol–water partition coefficient (Wildman–Crippen LogP) is 3.81. The van der Waals surface area contributed by atoms with E-state index in [4.69, 9.17) is 4.74 Å². The zero-order valence-corrected chi connectivity index (χ0v) is 14.8. The molecule has 134 valence electrons. The van der Waals surface area contributed by atoms with Crippen molar-refractivity contribution < 1.29 is 9.84 Å². The molecule has 5 heteroatoms. The van der Waals surface area contributed by atoms with E-state index in [2.05, 4.69) is 15.3 Å². The number of nitrogens with one attached hydrogen (secondary N) is 1. The third-order valence-corrected chi connectivity index (χ3v) is 4.36. The summed E-state index contributed by atoms with van der Waals surface area (Å²) >= 11 is 0. The zero-order chi connectivity index (χ0) is 18.7. The van der Waals surface area contributed by atoms with Crippen molar-refractivity contribution in [2.75, 3.05) is 12.4 Å². The first-order valence-electron chi connectivity index (χ1n) is 8.62. The Morgan fingerprint density at radius 2 is 1.59 bits per heavy atom. The molecule has 0 aliphatic carbocycles. The summed E-state index contributed by atoms with van der Waals surface area (Å²) in [5.41, 5.74) is 0.607. The first-order valence-corrected chi connectivity index (χ1v) is 8.62. The van der Waals surface area contributed by atoms with Gasteiger partial charge in [0, 0.05) is 16.8 Å². The lowest BCUT2D eigenvalue weighted by molar-refractivity contribution is 0.125. The summed E-state index contributed by atoms with van der Waals surface area (Å²) < 4.78 is 5.30. The van der Waals surface area contributed by atoms with Gasteiger partial charge in [-0.2, -0.15) is 0 Å². The van der Waals surface area contributed by atoms with E-state index < -0.39 is 5.72 Å². The molecule has 0 fully saturated rings. The van der Waals surface area contributed by atoms with Crippen molar-refractivity contribution in [3.8, 4) is 5.75 Å². The minimum absolute atomic E-state index is 0.348. The summed E-state index contributed by atoms with van der Waals surface area (Å²) in [5.74, 6) is 1.46. The second kappa shape index (κ2) is 7.05. The molecular formula is C22H19N3O2. The van der Waals surface area contributed by atoms with Crippen LogP contribution in [0.25, 0.3) is 0 Å². The normalized spacial score (nSPS) is 18.6. The Morgan fingerprint density at radius 1 is 0.889 bits per heavy atom. The van der Waals surface area contributed by atoms with Crippen molar-refractivity contribution in [3.05, 3.63) is 96.1 Å². The van der Waals surface area contributed by atoms with Gasteiger partial charge in [-0.3, -0.25) is 0 Å². The molecule has 1 unspecified atom stereocenters. The van der Waals surface area contributed by atoms with Crippen LogP contribution in [0.3, 0.4) is 0 Å². The molecule has 0 bridgehead atoms. The van der Waals surface area contributed by atoms with E-state index in [-0.39, 0.29) is 0 Å². The molecule has 4 rings (SSSR count). The Labute approximate surface area is 157 Å². The Hall–Kier alpha value is -3.44. The summed E-state index contributed by atoms with van der Waals surface area (Å²) in [6, 6.07) is 26.4. The summed E-state index contributed by atoms with van der Waals surface area (Å²) in [4.78, 5) is 9.17. The number of anilines is 1. The highest BCUT2D eigenvalue weighted by atomic mass is 16.5. The number of methoxy groups -OCH3 is 1. The Kier molecular flexibility index (Phi) is 4.44. The highest BCUT2D eigenvalue weighted by molar-refractivity contribution is 6.17. The number of rotatable bonds is 4. The molecule has 0 aromatic heterocycles. The van der Waals surface area contributed by atoms with Crippen LogP contribution in [0.1, 0.15) is 11.1 Å². The van der Waals surface area contributed by atoms with Crippen LogP contribution in [0.5, 0.6) is 5.75 Å². The third-order valence-electron chi connectivity index (χ3n) is 4.36. The molecule has 0 spiro atoms. The molecule has 1 atom stereocenters. The van der Waals surface area contributed by atoms with Gasteiger partial charge in [-0.15, -0.1) is 0 Å². The Balaban J connectivity index is 1.80. The standard InChI is InChI=1S/C22H19N3O2/c1-27-19-14-8-11-17(15-19)22(26)21(23-18-12-6-3-7-13-18)24-20(25-22)16-9-4-2-5-10-16/h2-15,26H,1H3,(H,23,24,25). The quantitative estimate of drug-likeness (QED) is 0.746. The van der Waals surface area contributed by atoms with E-state index >= 15 is 0 Å². The van der Waals surface area contributed by atoms with E-state index in [1.54, 1.807) is 13.2 Å². The summed E-state index contributed by atoms with van der Waals surface area (Å²) in [6.45, 7) is 0. The number of amidine groups is 2. The number of hydrogen-bond donors (Lipinski definition) is 2.